The molecule has 5 rings (SSSR count). The zero-order chi connectivity index (χ0) is 27.4. The first-order chi connectivity index (χ1) is 17.1. The molecule has 0 aromatic heterocycles. The fraction of sp³-hybridized carbons (Fsp3) is 0.867. The standard InChI is InChI=1S/C30H46O7/c1-25(2)10-11-29(24(36)37)12-13-30(16-31)17(18(29)14-25)6-7-20-26(3)15-19(32)22(33)28(5,23(34)35)21(26)8-9-27(20,30)4/h6,18-22,31-33H,7-16H2,1-5H3,(H,34,35)(H,36,37)/t18?,19?,20?,21?,22?,26-,27-,28+,29?,30+/m1/s1. The second-order valence-corrected chi connectivity index (χ2v) is 14.9. The van der Waals surface area contributed by atoms with E-state index in [1.54, 1.807) is 6.92 Å². The average molecular weight is 519 g/mol. The highest BCUT2D eigenvalue weighted by Gasteiger charge is 2.72. The number of allylic oxidation sites excluding steroid dienone is 1. The van der Waals surface area contributed by atoms with Crippen LogP contribution in [-0.4, -0.2) is 56.3 Å². The molecular weight excluding hydrogens is 472 g/mol. The summed E-state index contributed by atoms with van der Waals surface area (Å²) in [5.41, 5.74) is -2.59. The molecule has 10 atom stereocenters. The number of aliphatic carboxylic acids is 2. The summed E-state index contributed by atoms with van der Waals surface area (Å²) in [4.78, 5) is 25.4. The van der Waals surface area contributed by atoms with Crippen molar-refractivity contribution in [3.63, 3.8) is 0 Å². The summed E-state index contributed by atoms with van der Waals surface area (Å²) in [5.74, 6) is -2.22. The number of carboxylic acids is 2. The normalized spacial score (nSPS) is 52.5. The van der Waals surface area contributed by atoms with E-state index in [9.17, 15) is 35.1 Å². The summed E-state index contributed by atoms with van der Waals surface area (Å²) in [6, 6.07) is 0. The maximum absolute atomic E-state index is 12.8. The van der Waals surface area contributed by atoms with Crippen molar-refractivity contribution in [2.45, 2.75) is 105 Å². The Morgan fingerprint density at radius 1 is 0.892 bits per heavy atom. The number of hydrogen-bond donors (Lipinski definition) is 5. The maximum atomic E-state index is 12.8. The van der Waals surface area contributed by atoms with E-state index in [1.165, 1.54) is 0 Å². The van der Waals surface area contributed by atoms with E-state index < -0.39 is 45.8 Å². The minimum absolute atomic E-state index is 0.00408. The number of hydrogen-bond acceptors (Lipinski definition) is 5. The first-order valence-corrected chi connectivity index (χ1v) is 14.2. The average Bonchev–Trinajstić information content (AvgIpc) is 2.81. The Morgan fingerprint density at radius 2 is 1.54 bits per heavy atom. The van der Waals surface area contributed by atoms with Crippen LogP contribution in [0.2, 0.25) is 0 Å². The molecule has 0 aromatic rings. The van der Waals surface area contributed by atoms with Gasteiger partial charge in [0.2, 0.25) is 0 Å². The quantitative estimate of drug-likeness (QED) is 0.353. The molecule has 0 aliphatic heterocycles. The molecule has 37 heavy (non-hydrogen) atoms. The first-order valence-electron chi connectivity index (χ1n) is 14.2. The number of carboxylic acid groups (broad SMARTS) is 2. The summed E-state index contributed by atoms with van der Waals surface area (Å²) in [5, 5.41) is 53.8. The van der Waals surface area contributed by atoms with E-state index in [1.807, 2.05) is 0 Å². The van der Waals surface area contributed by atoms with Crippen molar-refractivity contribution in [1.29, 1.82) is 0 Å². The zero-order valence-corrected chi connectivity index (χ0v) is 23.1. The van der Waals surface area contributed by atoms with Crippen molar-refractivity contribution < 1.29 is 35.1 Å². The lowest BCUT2D eigenvalue weighted by molar-refractivity contribution is -0.244. The molecule has 0 radical (unpaired) electrons. The summed E-state index contributed by atoms with van der Waals surface area (Å²) >= 11 is 0. The third kappa shape index (κ3) is 3.17. The largest absolute Gasteiger partial charge is 0.481 e. The second kappa shape index (κ2) is 8.04. The van der Waals surface area contributed by atoms with Gasteiger partial charge in [-0.2, -0.15) is 0 Å². The lowest BCUT2D eigenvalue weighted by Gasteiger charge is -2.71. The van der Waals surface area contributed by atoms with Crippen LogP contribution in [-0.2, 0) is 9.59 Å². The van der Waals surface area contributed by atoms with Gasteiger partial charge >= 0.3 is 11.9 Å². The Morgan fingerprint density at radius 3 is 2.14 bits per heavy atom. The molecule has 6 unspecified atom stereocenters. The van der Waals surface area contributed by atoms with Crippen LogP contribution in [0.1, 0.15) is 92.4 Å². The van der Waals surface area contributed by atoms with Crippen LogP contribution in [0.15, 0.2) is 11.6 Å². The lowest BCUT2D eigenvalue weighted by atomic mass is 9.33. The topological polar surface area (TPSA) is 135 Å². The van der Waals surface area contributed by atoms with Crippen molar-refractivity contribution in [2.24, 2.45) is 50.2 Å². The molecule has 4 saturated carbocycles. The molecule has 0 saturated heterocycles. The number of aliphatic hydroxyl groups is 3. The predicted molar refractivity (Wildman–Crippen MR) is 137 cm³/mol. The van der Waals surface area contributed by atoms with Gasteiger partial charge in [-0.25, -0.2) is 0 Å². The van der Waals surface area contributed by atoms with Gasteiger partial charge in [0, 0.05) is 5.41 Å². The summed E-state index contributed by atoms with van der Waals surface area (Å²) in [6.07, 6.45) is 5.50. The van der Waals surface area contributed by atoms with Gasteiger partial charge in [-0.05, 0) is 98.7 Å². The van der Waals surface area contributed by atoms with Crippen molar-refractivity contribution in [2.75, 3.05) is 6.61 Å². The monoisotopic (exact) mass is 518 g/mol. The molecule has 0 aromatic carbocycles. The molecule has 0 spiro atoms. The molecular formula is C30H46O7. The Labute approximate surface area is 220 Å². The van der Waals surface area contributed by atoms with Gasteiger partial charge in [0.15, 0.2) is 0 Å². The molecule has 208 valence electrons. The predicted octanol–water partition coefficient (Wildman–Crippen LogP) is 4.24. The Balaban J connectivity index is 1.65. The Kier molecular flexibility index (Phi) is 5.90. The molecule has 5 N–H and O–H groups in total. The lowest BCUT2D eigenvalue weighted by Crippen LogP contribution is -2.69. The van der Waals surface area contributed by atoms with Gasteiger partial charge in [-0.3, -0.25) is 9.59 Å². The van der Waals surface area contributed by atoms with Gasteiger partial charge < -0.3 is 25.5 Å². The van der Waals surface area contributed by atoms with E-state index in [4.69, 9.17) is 0 Å². The highest BCUT2D eigenvalue weighted by Crippen LogP contribution is 2.75. The van der Waals surface area contributed by atoms with E-state index in [2.05, 4.69) is 33.8 Å². The van der Waals surface area contributed by atoms with Crippen LogP contribution in [0.25, 0.3) is 0 Å². The fourth-order valence-corrected chi connectivity index (χ4v) is 10.9. The second-order valence-electron chi connectivity index (χ2n) is 14.9. The highest BCUT2D eigenvalue weighted by atomic mass is 16.4. The first kappa shape index (κ1) is 27.1. The molecule has 0 heterocycles. The van der Waals surface area contributed by atoms with Gasteiger partial charge in [-0.1, -0.05) is 39.3 Å². The molecule has 7 nitrogen and oxygen atoms in total. The van der Waals surface area contributed by atoms with E-state index >= 15 is 0 Å². The van der Waals surface area contributed by atoms with Crippen LogP contribution in [0.5, 0.6) is 0 Å². The number of fused-ring (bicyclic) bond motifs is 7. The maximum Gasteiger partial charge on any atom is 0.312 e. The molecule has 0 amide bonds. The number of carbonyl (C=O) groups is 2. The number of aliphatic hydroxyl groups excluding tert-OH is 3. The SMILES string of the molecule is CC1(C)CCC2(C(=O)O)CC[C@]3(CO)C(=CCC4[C@@]5(C)CC(O)C(O)[C@@](C)(C(=O)O)C5CC[C@]43C)C2C1. The zero-order valence-electron chi connectivity index (χ0n) is 23.1. The van der Waals surface area contributed by atoms with Crippen molar-refractivity contribution in [1.82, 2.24) is 0 Å². The molecule has 7 heteroatoms. The van der Waals surface area contributed by atoms with Crippen LogP contribution in [0.4, 0.5) is 0 Å². The third-order valence-electron chi connectivity index (χ3n) is 13.1. The van der Waals surface area contributed by atoms with Gasteiger partial charge in [0.05, 0.1) is 29.6 Å². The Bertz CT molecular complexity index is 1030. The molecule has 4 fully saturated rings. The van der Waals surface area contributed by atoms with E-state index in [0.29, 0.717) is 44.9 Å². The number of rotatable bonds is 3. The van der Waals surface area contributed by atoms with Crippen LogP contribution < -0.4 is 0 Å². The minimum Gasteiger partial charge on any atom is -0.481 e. The summed E-state index contributed by atoms with van der Waals surface area (Å²) < 4.78 is 0. The smallest absolute Gasteiger partial charge is 0.312 e. The van der Waals surface area contributed by atoms with Crippen LogP contribution >= 0.6 is 0 Å². The third-order valence-corrected chi connectivity index (χ3v) is 13.1. The molecule has 0 bridgehead atoms. The van der Waals surface area contributed by atoms with Crippen molar-refractivity contribution in [3.05, 3.63) is 11.6 Å². The van der Waals surface area contributed by atoms with Gasteiger partial charge in [0.25, 0.3) is 0 Å². The van der Waals surface area contributed by atoms with Crippen molar-refractivity contribution >= 4 is 11.9 Å². The van der Waals surface area contributed by atoms with Crippen molar-refractivity contribution in [3.8, 4) is 0 Å². The highest BCUT2D eigenvalue weighted by molar-refractivity contribution is 5.77. The molecule has 5 aliphatic rings. The van der Waals surface area contributed by atoms with Crippen LogP contribution in [0.3, 0.4) is 0 Å². The Hall–Kier alpha value is -1.44. The van der Waals surface area contributed by atoms with E-state index in [-0.39, 0.29) is 35.2 Å². The fourth-order valence-electron chi connectivity index (χ4n) is 10.9. The van der Waals surface area contributed by atoms with Gasteiger partial charge in [-0.15, -0.1) is 0 Å². The minimum atomic E-state index is -1.46. The summed E-state index contributed by atoms with van der Waals surface area (Å²) in [6.45, 7) is 10.3. The van der Waals surface area contributed by atoms with E-state index in [0.717, 1.165) is 18.4 Å². The van der Waals surface area contributed by atoms with Gasteiger partial charge in [0.1, 0.15) is 0 Å². The molecule has 5 aliphatic carbocycles. The van der Waals surface area contributed by atoms with Crippen LogP contribution in [0, 0.1) is 50.2 Å². The summed E-state index contributed by atoms with van der Waals surface area (Å²) in [7, 11) is 0.